The molecule has 1 aliphatic rings. The van der Waals surface area contributed by atoms with Crippen LogP contribution in [0, 0.1) is 17.8 Å². The Morgan fingerprint density at radius 2 is 1.80 bits per heavy atom. The number of benzene rings is 1. The maximum absolute atomic E-state index is 12.2. The molecule has 1 nitrogen and oxygen atoms in total. The Kier molecular flexibility index (Phi) is 7.55. The molecule has 1 aromatic rings. The van der Waals surface area contributed by atoms with E-state index >= 15 is 0 Å². The fourth-order valence-corrected chi connectivity index (χ4v) is 3.17. The maximum Gasteiger partial charge on any atom is 0.449 e. The van der Waals surface area contributed by atoms with Gasteiger partial charge >= 0.3 is 6.18 Å². The van der Waals surface area contributed by atoms with Gasteiger partial charge in [-0.3, -0.25) is 4.79 Å². The zero-order valence-electron chi connectivity index (χ0n) is 14.5. The predicted octanol–water partition coefficient (Wildman–Crippen LogP) is 5.85. The Labute approximate surface area is 148 Å². The molecule has 0 heterocycles. The van der Waals surface area contributed by atoms with E-state index in [0.29, 0.717) is 18.8 Å². The van der Waals surface area contributed by atoms with Crippen LogP contribution >= 0.6 is 0 Å². The van der Waals surface area contributed by atoms with E-state index in [-0.39, 0.29) is 6.42 Å². The summed E-state index contributed by atoms with van der Waals surface area (Å²) in [7, 11) is 0. The summed E-state index contributed by atoms with van der Waals surface area (Å²) >= 11 is 0. The molecule has 0 radical (unpaired) electrons. The number of hydrogen-bond donors (Lipinski definition) is 0. The van der Waals surface area contributed by atoms with Gasteiger partial charge in [0.25, 0.3) is 0 Å². The fraction of sp³-hybridized carbons (Fsp3) is 0.571. The Balaban J connectivity index is 1.82. The molecule has 1 saturated carbocycles. The number of carbonyl (C=O) groups excluding carboxylic acids is 1. The summed E-state index contributed by atoms with van der Waals surface area (Å²) < 4.78 is 36.5. The van der Waals surface area contributed by atoms with E-state index < -0.39 is 18.4 Å². The monoisotopic (exact) mass is 350 g/mol. The minimum Gasteiger partial charge on any atom is -0.290 e. The SMILES string of the molecule is O=C(CCCCc1cccc(C#CC2CCCCCC2)c1)C(F)(F)F. The van der Waals surface area contributed by atoms with Crippen molar-refractivity contribution < 1.29 is 18.0 Å². The van der Waals surface area contributed by atoms with Gasteiger partial charge in [-0.05, 0) is 49.8 Å². The van der Waals surface area contributed by atoms with Gasteiger partial charge in [-0.2, -0.15) is 13.2 Å². The summed E-state index contributed by atoms with van der Waals surface area (Å²) in [6, 6.07) is 7.88. The summed E-state index contributed by atoms with van der Waals surface area (Å²) in [5.41, 5.74) is 2.03. The van der Waals surface area contributed by atoms with Gasteiger partial charge in [-0.1, -0.05) is 49.7 Å². The third-order valence-corrected chi connectivity index (χ3v) is 4.64. The second-order valence-electron chi connectivity index (χ2n) is 6.79. The molecule has 2 rings (SSSR count). The topological polar surface area (TPSA) is 17.1 Å². The molecule has 1 aromatic carbocycles. The van der Waals surface area contributed by atoms with Crippen LogP contribution in [0.5, 0.6) is 0 Å². The Hall–Kier alpha value is -1.76. The molecule has 0 bridgehead atoms. The van der Waals surface area contributed by atoms with Crippen molar-refractivity contribution in [3.05, 3.63) is 35.4 Å². The lowest BCUT2D eigenvalue weighted by atomic mass is 10.00. The molecule has 0 saturated heterocycles. The number of unbranched alkanes of at least 4 members (excludes halogenated alkanes) is 1. The number of Topliss-reactive ketones (excluding diaryl/α,β-unsaturated/α-hetero) is 1. The number of ketones is 1. The first-order chi connectivity index (χ1) is 11.9. The maximum atomic E-state index is 12.2. The molecule has 25 heavy (non-hydrogen) atoms. The Bertz CT molecular complexity index is 614. The van der Waals surface area contributed by atoms with Gasteiger partial charge in [0.05, 0.1) is 0 Å². The fourth-order valence-electron chi connectivity index (χ4n) is 3.17. The molecule has 0 amide bonds. The van der Waals surface area contributed by atoms with Gasteiger partial charge in [0.15, 0.2) is 0 Å². The van der Waals surface area contributed by atoms with Crippen LogP contribution in [0.3, 0.4) is 0 Å². The van der Waals surface area contributed by atoms with E-state index in [2.05, 4.69) is 11.8 Å². The standard InChI is InChI=1S/C21H25F3O/c22-21(23,24)20(25)13-6-5-10-18-11-7-12-19(16-18)15-14-17-8-3-1-2-4-9-17/h7,11-12,16-17H,1-6,8-10,13H2. The quantitative estimate of drug-likeness (QED) is 0.370. The first-order valence-electron chi connectivity index (χ1n) is 9.15. The summed E-state index contributed by atoms with van der Waals surface area (Å²) in [5.74, 6) is 5.50. The molecular weight excluding hydrogens is 325 g/mol. The normalized spacial score (nSPS) is 16.0. The third-order valence-electron chi connectivity index (χ3n) is 4.64. The van der Waals surface area contributed by atoms with Gasteiger partial charge in [0.1, 0.15) is 0 Å². The second kappa shape index (κ2) is 9.65. The molecular formula is C21H25F3O. The number of carbonyl (C=O) groups is 1. The summed E-state index contributed by atoms with van der Waals surface area (Å²) in [6.07, 6.45) is 3.88. The minimum atomic E-state index is -4.70. The molecule has 0 N–H and O–H groups in total. The van der Waals surface area contributed by atoms with Crippen molar-refractivity contribution in [2.24, 2.45) is 5.92 Å². The van der Waals surface area contributed by atoms with Crippen LogP contribution in [0.25, 0.3) is 0 Å². The van der Waals surface area contributed by atoms with Crippen LogP contribution in [0.1, 0.15) is 68.9 Å². The lowest BCUT2D eigenvalue weighted by Gasteiger charge is -2.06. The molecule has 4 heteroatoms. The molecule has 1 aliphatic carbocycles. The van der Waals surface area contributed by atoms with Crippen LogP contribution in [0.2, 0.25) is 0 Å². The smallest absolute Gasteiger partial charge is 0.290 e. The van der Waals surface area contributed by atoms with Gasteiger partial charge in [0.2, 0.25) is 5.78 Å². The molecule has 1 fully saturated rings. The molecule has 0 aromatic heterocycles. The van der Waals surface area contributed by atoms with E-state index in [0.717, 1.165) is 11.1 Å². The molecule has 0 unspecified atom stereocenters. The first-order valence-corrected chi connectivity index (χ1v) is 9.15. The molecule has 0 atom stereocenters. The van der Waals surface area contributed by atoms with Crippen LogP contribution < -0.4 is 0 Å². The number of hydrogen-bond acceptors (Lipinski definition) is 1. The van der Waals surface area contributed by atoms with E-state index in [9.17, 15) is 18.0 Å². The Morgan fingerprint density at radius 1 is 1.08 bits per heavy atom. The minimum absolute atomic E-state index is 0.260. The zero-order chi connectivity index (χ0) is 18.1. The highest BCUT2D eigenvalue weighted by Gasteiger charge is 2.36. The van der Waals surface area contributed by atoms with E-state index in [4.69, 9.17) is 0 Å². The van der Waals surface area contributed by atoms with Crippen molar-refractivity contribution in [3.63, 3.8) is 0 Å². The number of alkyl halides is 3. The Morgan fingerprint density at radius 3 is 2.48 bits per heavy atom. The van der Waals surface area contributed by atoms with E-state index in [1.54, 1.807) is 0 Å². The highest BCUT2D eigenvalue weighted by molar-refractivity contribution is 5.83. The van der Waals surface area contributed by atoms with E-state index in [1.165, 1.54) is 38.5 Å². The van der Waals surface area contributed by atoms with Crippen molar-refractivity contribution in [3.8, 4) is 11.8 Å². The van der Waals surface area contributed by atoms with Crippen LogP contribution in [-0.2, 0) is 11.2 Å². The van der Waals surface area contributed by atoms with Gasteiger partial charge < -0.3 is 0 Å². The van der Waals surface area contributed by atoms with E-state index in [1.807, 2.05) is 24.3 Å². The predicted molar refractivity (Wildman–Crippen MR) is 93.1 cm³/mol. The second-order valence-corrected chi connectivity index (χ2v) is 6.79. The summed E-state index contributed by atoms with van der Waals surface area (Å²) in [4.78, 5) is 10.8. The van der Waals surface area contributed by atoms with Crippen molar-refractivity contribution in [2.45, 2.75) is 70.4 Å². The van der Waals surface area contributed by atoms with Crippen LogP contribution in [0.15, 0.2) is 24.3 Å². The lowest BCUT2D eigenvalue weighted by Crippen LogP contribution is -2.22. The molecule has 0 spiro atoms. The largest absolute Gasteiger partial charge is 0.449 e. The summed E-state index contributed by atoms with van der Waals surface area (Å²) in [6.45, 7) is 0. The van der Waals surface area contributed by atoms with Crippen molar-refractivity contribution in [2.75, 3.05) is 0 Å². The zero-order valence-corrected chi connectivity index (χ0v) is 14.5. The number of aryl methyl sites for hydroxylation is 1. The highest BCUT2D eigenvalue weighted by Crippen LogP contribution is 2.22. The first kappa shape index (κ1) is 19.6. The number of rotatable bonds is 5. The van der Waals surface area contributed by atoms with Crippen molar-refractivity contribution in [1.29, 1.82) is 0 Å². The van der Waals surface area contributed by atoms with Crippen molar-refractivity contribution >= 4 is 5.78 Å². The van der Waals surface area contributed by atoms with Crippen LogP contribution in [-0.4, -0.2) is 12.0 Å². The van der Waals surface area contributed by atoms with Crippen LogP contribution in [0.4, 0.5) is 13.2 Å². The van der Waals surface area contributed by atoms with Crippen molar-refractivity contribution in [1.82, 2.24) is 0 Å². The molecule has 136 valence electrons. The molecule has 0 aliphatic heterocycles. The lowest BCUT2D eigenvalue weighted by molar-refractivity contribution is -0.171. The average molecular weight is 350 g/mol. The summed E-state index contributed by atoms with van der Waals surface area (Å²) in [5, 5.41) is 0. The average Bonchev–Trinajstić information content (AvgIpc) is 2.85. The van der Waals surface area contributed by atoms with Gasteiger partial charge in [0, 0.05) is 17.9 Å². The third kappa shape index (κ3) is 7.34. The highest BCUT2D eigenvalue weighted by atomic mass is 19.4. The van der Waals surface area contributed by atoms with Gasteiger partial charge in [-0.25, -0.2) is 0 Å². The number of halogens is 3. The van der Waals surface area contributed by atoms with Gasteiger partial charge in [-0.15, -0.1) is 0 Å².